The van der Waals surface area contributed by atoms with Crippen molar-refractivity contribution in [1.82, 2.24) is 25.6 Å². The van der Waals surface area contributed by atoms with E-state index in [0.29, 0.717) is 31.3 Å². The zero-order chi connectivity index (χ0) is 17.5. The smallest absolute Gasteiger partial charge is 0.315 e. The van der Waals surface area contributed by atoms with E-state index in [1.54, 1.807) is 4.90 Å². The number of aryl methyl sites for hydroxylation is 1. The highest BCUT2D eigenvalue weighted by atomic mass is 16.2. The highest BCUT2D eigenvalue weighted by molar-refractivity contribution is 5.73. The Morgan fingerprint density at radius 1 is 1.17 bits per heavy atom. The summed E-state index contributed by atoms with van der Waals surface area (Å²) in [6.45, 7) is 2.92. The van der Waals surface area contributed by atoms with Crippen molar-refractivity contribution in [3.05, 3.63) is 41.2 Å². The third-order valence-electron chi connectivity index (χ3n) is 3.42. The number of nitrogen functional groups attached to an aromatic ring is 1. The Bertz CT molecular complexity index is 703. The number of benzene rings is 1. The third-order valence-corrected chi connectivity index (χ3v) is 3.42. The molecule has 1 heterocycles. The van der Waals surface area contributed by atoms with Gasteiger partial charge >= 0.3 is 6.03 Å². The molecule has 128 valence electrons. The fraction of sp³-hybridized carbons (Fsp3) is 0.375. The predicted octanol–water partition coefficient (Wildman–Crippen LogP) is 0.870. The molecule has 0 bridgehead atoms. The number of hydrogen-bond donors (Lipinski definition) is 3. The van der Waals surface area contributed by atoms with E-state index in [2.05, 4.69) is 25.6 Å². The number of amides is 2. The number of hydrogen-bond acceptors (Lipinski definition) is 6. The van der Waals surface area contributed by atoms with Gasteiger partial charge in [0.15, 0.2) is 0 Å². The number of urea groups is 1. The van der Waals surface area contributed by atoms with E-state index < -0.39 is 0 Å². The molecule has 2 rings (SSSR count). The van der Waals surface area contributed by atoms with Crippen molar-refractivity contribution >= 4 is 17.9 Å². The highest BCUT2D eigenvalue weighted by Gasteiger charge is 2.07. The molecule has 0 saturated carbocycles. The van der Waals surface area contributed by atoms with Crippen LogP contribution in [0.4, 0.5) is 16.7 Å². The van der Waals surface area contributed by atoms with Crippen LogP contribution in [-0.2, 0) is 13.0 Å². The van der Waals surface area contributed by atoms with E-state index in [1.807, 2.05) is 45.3 Å². The topological polar surface area (TPSA) is 109 Å². The molecule has 0 spiro atoms. The molecule has 2 aromatic rings. The second kappa shape index (κ2) is 8.09. The Morgan fingerprint density at radius 2 is 1.92 bits per heavy atom. The maximum absolute atomic E-state index is 11.9. The molecule has 0 radical (unpaired) electrons. The molecule has 1 aromatic carbocycles. The summed E-state index contributed by atoms with van der Waals surface area (Å²) in [6, 6.07) is 7.71. The van der Waals surface area contributed by atoms with Crippen LogP contribution in [0.25, 0.3) is 0 Å². The van der Waals surface area contributed by atoms with Crippen molar-refractivity contribution in [1.29, 1.82) is 0 Å². The summed E-state index contributed by atoms with van der Waals surface area (Å²) in [5, 5.41) is 5.62. The quantitative estimate of drug-likeness (QED) is 0.725. The van der Waals surface area contributed by atoms with Crippen LogP contribution >= 0.6 is 0 Å². The van der Waals surface area contributed by atoms with E-state index >= 15 is 0 Å². The summed E-state index contributed by atoms with van der Waals surface area (Å²) in [7, 11) is 3.66. The van der Waals surface area contributed by atoms with Gasteiger partial charge in [-0.3, -0.25) is 0 Å². The van der Waals surface area contributed by atoms with Crippen LogP contribution in [0.2, 0.25) is 0 Å². The van der Waals surface area contributed by atoms with Gasteiger partial charge in [-0.1, -0.05) is 24.3 Å². The van der Waals surface area contributed by atoms with Gasteiger partial charge < -0.3 is 21.3 Å². The summed E-state index contributed by atoms with van der Waals surface area (Å²) < 4.78 is 0. The zero-order valence-electron chi connectivity index (χ0n) is 14.2. The highest BCUT2D eigenvalue weighted by Crippen LogP contribution is 2.06. The third kappa shape index (κ3) is 5.08. The molecule has 0 aliphatic heterocycles. The molecule has 0 aliphatic rings. The molecule has 24 heavy (non-hydrogen) atoms. The fourth-order valence-corrected chi connectivity index (χ4v) is 2.07. The van der Waals surface area contributed by atoms with Gasteiger partial charge in [-0.05, 0) is 18.1 Å². The first-order valence-corrected chi connectivity index (χ1v) is 7.69. The summed E-state index contributed by atoms with van der Waals surface area (Å²) in [6.07, 6.45) is 0.478. The summed E-state index contributed by atoms with van der Waals surface area (Å²) in [5.41, 5.74) is 7.91. The van der Waals surface area contributed by atoms with E-state index in [9.17, 15) is 4.79 Å². The average Bonchev–Trinajstić information content (AvgIpc) is 2.53. The van der Waals surface area contributed by atoms with Gasteiger partial charge in [0.1, 0.15) is 5.82 Å². The number of nitrogens with two attached hydrogens (primary N) is 1. The minimum atomic E-state index is -0.229. The molecular weight excluding hydrogens is 306 g/mol. The summed E-state index contributed by atoms with van der Waals surface area (Å²) in [5.74, 6) is 1.22. The second-order valence-electron chi connectivity index (χ2n) is 5.59. The van der Waals surface area contributed by atoms with Crippen molar-refractivity contribution < 1.29 is 4.79 Å². The Hall–Kier alpha value is -2.90. The lowest BCUT2D eigenvalue weighted by atomic mass is 10.1. The molecule has 0 unspecified atom stereocenters. The number of aromatic nitrogens is 3. The molecule has 8 heteroatoms. The van der Waals surface area contributed by atoms with Crippen molar-refractivity contribution in [2.45, 2.75) is 19.9 Å². The molecule has 8 nitrogen and oxygen atoms in total. The maximum atomic E-state index is 11.9. The van der Waals surface area contributed by atoms with Crippen molar-refractivity contribution in [2.24, 2.45) is 0 Å². The van der Waals surface area contributed by atoms with E-state index in [4.69, 9.17) is 5.73 Å². The van der Waals surface area contributed by atoms with Crippen LogP contribution < -0.4 is 21.3 Å². The lowest BCUT2D eigenvalue weighted by Gasteiger charge is -2.12. The first-order chi connectivity index (χ1) is 11.5. The lowest BCUT2D eigenvalue weighted by molar-refractivity contribution is 0.240. The summed E-state index contributed by atoms with van der Waals surface area (Å²) >= 11 is 0. The van der Waals surface area contributed by atoms with Gasteiger partial charge in [0.05, 0.1) is 0 Å². The SMILES string of the molecule is Cc1ccccc1CNC(=O)NCCc1nc(N)nc(N(C)C)n1. The molecule has 0 aliphatic carbocycles. The number of carbonyl (C=O) groups is 1. The number of nitrogens with zero attached hydrogens (tertiary/aromatic N) is 4. The molecule has 2 amide bonds. The van der Waals surface area contributed by atoms with Crippen LogP contribution in [0, 0.1) is 6.92 Å². The van der Waals surface area contributed by atoms with E-state index in [1.165, 1.54) is 0 Å². The number of anilines is 2. The van der Waals surface area contributed by atoms with Crippen LogP contribution in [0.15, 0.2) is 24.3 Å². The van der Waals surface area contributed by atoms with E-state index in [0.717, 1.165) is 11.1 Å². The Labute approximate surface area is 141 Å². The average molecular weight is 329 g/mol. The lowest BCUT2D eigenvalue weighted by Crippen LogP contribution is -2.36. The monoisotopic (exact) mass is 329 g/mol. The fourth-order valence-electron chi connectivity index (χ4n) is 2.07. The number of carbonyl (C=O) groups excluding carboxylic acids is 1. The zero-order valence-corrected chi connectivity index (χ0v) is 14.2. The minimum Gasteiger partial charge on any atom is -0.368 e. The normalized spacial score (nSPS) is 10.3. The standard InChI is InChI=1S/C16H23N7O/c1-11-6-4-5-7-12(11)10-19-16(24)18-9-8-13-20-14(17)22-15(21-13)23(2)3/h4-7H,8-10H2,1-3H3,(H2,18,19,24)(H2,17,20,21,22). The minimum absolute atomic E-state index is 0.174. The van der Waals surface area contributed by atoms with Crippen LogP contribution in [0.5, 0.6) is 0 Å². The Kier molecular flexibility index (Phi) is 5.89. The molecule has 1 aromatic heterocycles. The van der Waals surface area contributed by atoms with Crippen LogP contribution in [0.1, 0.15) is 17.0 Å². The van der Waals surface area contributed by atoms with Gasteiger partial charge in [-0.2, -0.15) is 15.0 Å². The predicted molar refractivity (Wildman–Crippen MR) is 93.7 cm³/mol. The maximum Gasteiger partial charge on any atom is 0.315 e. The summed E-state index contributed by atoms with van der Waals surface area (Å²) in [4.78, 5) is 26.0. The van der Waals surface area contributed by atoms with Crippen molar-refractivity contribution in [3.63, 3.8) is 0 Å². The number of nitrogens with one attached hydrogen (secondary N) is 2. The van der Waals surface area contributed by atoms with Gasteiger partial charge in [-0.25, -0.2) is 4.79 Å². The molecule has 0 fully saturated rings. The van der Waals surface area contributed by atoms with Gasteiger partial charge in [0, 0.05) is 33.6 Å². The van der Waals surface area contributed by atoms with Gasteiger partial charge in [0.2, 0.25) is 11.9 Å². The van der Waals surface area contributed by atoms with Crippen LogP contribution in [0.3, 0.4) is 0 Å². The molecular formula is C16H23N7O. The van der Waals surface area contributed by atoms with Gasteiger partial charge in [0.25, 0.3) is 0 Å². The van der Waals surface area contributed by atoms with Crippen molar-refractivity contribution in [2.75, 3.05) is 31.3 Å². The molecule has 0 saturated heterocycles. The van der Waals surface area contributed by atoms with Crippen LogP contribution in [-0.4, -0.2) is 41.6 Å². The largest absolute Gasteiger partial charge is 0.368 e. The number of rotatable bonds is 6. The Morgan fingerprint density at radius 3 is 2.62 bits per heavy atom. The Balaban J connectivity index is 1.79. The first-order valence-electron chi connectivity index (χ1n) is 7.69. The second-order valence-corrected chi connectivity index (χ2v) is 5.59. The first kappa shape index (κ1) is 17.5. The van der Waals surface area contributed by atoms with Gasteiger partial charge in [-0.15, -0.1) is 0 Å². The molecule has 4 N–H and O–H groups in total. The van der Waals surface area contributed by atoms with Crippen molar-refractivity contribution in [3.8, 4) is 0 Å². The molecule has 0 atom stereocenters. The van der Waals surface area contributed by atoms with E-state index in [-0.39, 0.29) is 12.0 Å².